The van der Waals surface area contributed by atoms with Gasteiger partial charge in [0, 0.05) is 22.4 Å². The Balaban J connectivity index is 1.97. The third-order valence-electron chi connectivity index (χ3n) is 6.45. The fourth-order valence-electron chi connectivity index (χ4n) is 5.24. The second-order valence-electron chi connectivity index (χ2n) is 7.95. The maximum Gasteiger partial charge on any atom is 0.0793 e. The molecule has 0 bridgehead atoms. The Bertz CT molecular complexity index is 1780. The summed E-state index contributed by atoms with van der Waals surface area (Å²) in [4.78, 5) is 4.90. The maximum atomic E-state index is 4.90. The molecular weight excluding hydrogens is 362 g/mol. The predicted molar refractivity (Wildman–Crippen MR) is 129 cm³/mol. The van der Waals surface area contributed by atoms with Gasteiger partial charge in [-0.05, 0) is 49.2 Å². The van der Waals surface area contributed by atoms with E-state index >= 15 is 0 Å². The molecule has 6 aromatic carbocycles. The van der Waals surface area contributed by atoms with E-state index in [1.165, 1.54) is 59.2 Å². The Labute approximate surface area is 173 Å². The topological polar surface area (TPSA) is 12.9 Å². The van der Waals surface area contributed by atoms with Crippen LogP contribution in [0.25, 0.3) is 64.8 Å². The van der Waals surface area contributed by atoms with Crippen LogP contribution < -0.4 is 0 Å². The normalized spacial score (nSPS) is 12.0. The number of rotatable bonds is 0. The Morgan fingerprint density at radius 3 is 1.67 bits per heavy atom. The summed E-state index contributed by atoms with van der Waals surface area (Å²) in [7, 11) is 0. The second kappa shape index (κ2) is 5.77. The quantitative estimate of drug-likeness (QED) is 0.243. The fraction of sp³-hybridized carbons (Fsp3) is 0. The largest absolute Gasteiger partial charge is 0.256 e. The van der Waals surface area contributed by atoms with E-state index in [9.17, 15) is 0 Å². The van der Waals surface area contributed by atoms with Crippen LogP contribution in [-0.4, -0.2) is 4.98 Å². The summed E-state index contributed by atoms with van der Waals surface area (Å²) in [5, 5.41) is 14.1. The van der Waals surface area contributed by atoms with Gasteiger partial charge in [-0.3, -0.25) is 4.98 Å². The van der Waals surface area contributed by atoms with Gasteiger partial charge in [-0.25, -0.2) is 0 Å². The van der Waals surface area contributed by atoms with E-state index in [1.807, 2.05) is 6.20 Å². The Kier molecular flexibility index (Phi) is 3.06. The van der Waals surface area contributed by atoms with Crippen LogP contribution in [-0.2, 0) is 0 Å². The minimum atomic E-state index is 1.08. The summed E-state index contributed by atoms with van der Waals surface area (Å²) in [5.41, 5.74) is 1.08. The van der Waals surface area contributed by atoms with Crippen LogP contribution in [0.3, 0.4) is 0 Å². The summed E-state index contributed by atoms with van der Waals surface area (Å²) in [6.07, 6.45) is 1.92. The molecule has 1 aromatic heterocycles. The van der Waals surface area contributed by atoms with Gasteiger partial charge in [0.15, 0.2) is 0 Å². The lowest BCUT2D eigenvalue weighted by Crippen LogP contribution is -1.90. The monoisotopic (exact) mass is 379 g/mol. The van der Waals surface area contributed by atoms with Gasteiger partial charge in [0.25, 0.3) is 0 Å². The molecule has 0 saturated heterocycles. The van der Waals surface area contributed by atoms with Gasteiger partial charge >= 0.3 is 0 Å². The molecule has 0 spiro atoms. The van der Waals surface area contributed by atoms with Crippen molar-refractivity contribution in [2.45, 2.75) is 0 Å². The van der Waals surface area contributed by atoms with Crippen LogP contribution in [0.15, 0.2) is 103 Å². The number of benzene rings is 6. The average Bonchev–Trinajstić information content (AvgIpc) is 2.83. The first-order valence-electron chi connectivity index (χ1n) is 10.3. The summed E-state index contributed by atoms with van der Waals surface area (Å²) in [6, 6.07) is 35.0. The summed E-state index contributed by atoms with van der Waals surface area (Å²) in [6.45, 7) is 0. The predicted octanol–water partition coefficient (Wildman–Crippen LogP) is 8.00. The van der Waals surface area contributed by atoms with Crippen molar-refractivity contribution in [3.63, 3.8) is 0 Å². The van der Waals surface area contributed by atoms with Crippen molar-refractivity contribution in [2.75, 3.05) is 0 Å². The number of fused-ring (bicyclic) bond motifs is 13. The summed E-state index contributed by atoms with van der Waals surface area (Å²) < 4.78 is 0. The second-order valence-corrected chi connectivity index (χ2v) is 7.95. The first-order valence-corrected chi connectivity index (χ1v) is 10.3. The zero-order valence-corrected chi connectivity index (χ0v) is 16.3. The first kappa shape index (κ1) is 15.9. The molecule has 0 atom stereocenters. The van der Waals surface area contributed by atoms with Crippen LogP contribution >= 0.6 is 0 Å². The average molecular weight is 379 g/mol. The fourth-order valence-corrected chi connectivity index (χ4v) is 5.24. The van der Waals surface area contributed by atoms with Crippen LogP contribution in [0, 0.1) is 0 Å². The minimum absolute atomic E-state index is 1.08. The Morgan fingerprint density at radius 2 is 0.933 bits per heavy atom. The molecule has 138 valence electrons. The summed E-state index contributed by atoms with van der Waals surface area (Å²) >= 11 is 0. The van der Waals surface area contributed by atoms with Crippen molar-refractivity contribution in [3.8, 4) is 0 Å². The number of aromatic nitrogens is 1. The van der Waals surface area contributed by atoms with Crippen LogP contribution in [0.2, 0.25) is 0 Å². The molecule has 0 aliphatic carbocycles. The van der Waals surface area contributed by atoms with Crippen LogP contribution in [0.1, 0.15) is 0 Å². The maximum absolute atomic E-state index is 4.90. The highest BCUT2D eigenvalue weighted by molar-refractivity contribution is 6.41. The molecule has 0 fully saturated rings. The van der Waals surface area contributed by atoms with Gasteiger partial charge in [0.2, 0.25) is 0 Å². The van der Waals surface area contributed by atoms with E-state index in [0.717, 1.165) is 5.52 Å². The number of hydrogen-bond acceptors (Lipinski definition) is 1. The van der Waals surface area contributed by atoms with Crippen LogP contribution in [0.5, 0.6) is 0 Å². The molecule has 0 N–H and O–H groups in total. The number of nitrogens with zero attached hydrogens (tertiary/aromatic N) is 1. The smallest absolute Gasteiger partial charge is 0.0793 e. The van der Waals surface area contributed by atoms with E-state index in [2.05, 4.69) is 97.1 Å². The lowest BCUT2D eigenvalue weighted by atomic mass is 9.87. The van der Waals surface area contributed by atoms with Crippen molar-refractivity contribution in [1.82, 2.24) is 4.98 Å². The van der Waals surface area contributed by atoms with Crippen LogP contribution in [0.4, 0.5) is 0 Å². The molecule has 7 rings (SSSR count). The van der Waals surface area contributed by atoms with E-state index in [1.54, 1.807) is 0 Å². The lowest BCUT2D eigenvalue weighted by Gasteiger charge is -2.16. The molecule has 0 radical (unpaired) electrons. The van der Waals surface area contributed by atoms with E-state index in [4.69, 9.17) is 4.98 Å². The van der Waals surface area contributed by atoms with Crippen molar-refractivity contribution < 1.29 is 0 Å². The van der Waals surface area contributed by atoms with Crippen molar-refractivity contribution in [2.24, 2.45) is 0 Å². The molecular formula is C29H17N. The summed E-state index contributed by atoms with van der Waals surface area (Å²) in [5.74, 6) is 0. The zero-order chi connectivity index (χ0) is 19.7. The molecule has 1 nitrogen and oxygen atoms in total. The van der Waals surface area contributed by atoms with Gasteiger partial charge in [0.1, 0.15) is 0 Å². The van der Waals surface area contributed by atoms with E-state index in [-0.39, 0.29) is 0 Å². The highest BCUT2D eigenvalue weighted by Crippen LogP contribution is 2.44. The lowest BCUT2D eigenvalue weighted by molar-refractivity contribution is 1.43. The molecule has 0 unspecified atom stereocenters. The van der Waals surface area contributed by atoms with E-state index in [0.29, 0.717) is 0 Å². The molecule has 0 aliphatic rings. The highest BCUT2D eigenvalue weighted by Gasteiger charge is 2.17. The molecule has 0 saturated carbocycles. The molecule has 1 heteroatoms. The molecule has 0 aliphatic heterocycles. The molecule has 0 amide bonds. The molecule has 30 heavy (non-hydrogen) atoms. The zero-order valence-electron chi connectivity index (χ0n) is 16.3. The third-order valence-corrected chi connectivity index (χ3v) is 6.45. The first-order chi connectivity index (χ1) is 14.9. The van der Waals surface area contributed by atoms with Gasteiger partial charge in [-0.15, -0.1) is 0 Å². The van der Waals surface area contributed by atoms with Crippen molar-refractivity contribution in [1.29, 1.82) is 0 Å². The van der Waals surface area contributed by atoms with Crippen molar-refractivity contribution >= 4 is 64.8 Å². The SMILES string of the molecule is c1ccc2c(c1)ccc1c2c2ncccc2c2c3ccccc3c3ccccc3c12. The van der Waals surface area contributed by atoms with Gasteiger partial charge in [-0.1, -0.05) is 91.0 Å². The van der Waals surface area contributed by atoms with Gasteiger partial charge < -0.3 is 0 Å². The molecule has 1 heterocycles. The standard InChI is InChI=1S/C29H17N/c1-2-9-19-18(8-1)15-16-24-26-22-12-5-3-10-20(22)21-11-4-6-13-23(21)27(26)25-14-7-17-30-29(25)28(19)24/h1-17H. The molecule has 7 aromatic rings. The highest BCUT2D eigenvalue weighted by atomic mass is 14.6. The van der Waals surface area contributed by atoms with E-state index < -0.39 is 0 Å². The third kappa shape index (κ3) is 1.94. The van der Waals surface area contributed by atoms with Crippen molar-refractivity contribution in [3.05, 3.63) is 103 Å². The number of hydrogen-bond donors (Lipinski definition) is 0. The Morgan fingerprint density at radius 1 is 0.367 bits per heavy atom. The van der Waals surface area contributed by atoms with Gasteiger partial charge in [0.05, 0.1) is 5.52 Å². The minimum Gasteiger partial charge on any atom is -0.256 e. The number of pyridine rings is 1. The Hall–Kier alpha value is -3.97. The van der Waals surface area contributed by atoms with Gasteiger partial charge in [-0.2, -0.15) is 0 Å².